The molecule has 0 fully saturated rings. The average molecular weight is 299 g/mol. The molecule has 1 atom stereocenters. The number of nitrogens with one attached hydrogen (secondary N) is 2. The van der Waals surface area contributed by atoms with Crippen LogP contribution in [0, 0.1) is 6.92 Å². The highest BCUT2D eigenvalue weighted by Gasteiger charge is 2.12. The summed E-state index contributed by atoms with van der Waals surface area (Å²) in [6, 6.07) is 5.79. The number of amides is 1. The fourth-order valence-electron chi connectivity index (χ4n) is 1.45. The molecule has 0 aliphatic heterocycles. The molecule has 0 saturated heterocycles. The third-order valence-electron chi connectivity index (χ3n) is 2.44. The summed E-state index contributed by atoms with van der Waals surface area (Å²) >= 11 is 3.47. The van der Waals surface area contributed by atoms with Gasteiger partial charge in [0, 0.05) is 16.7 Å². The molecular formula is C13H19BrN2O. The molecule has 1 aromatic rings. The molecule has 0 aliphatic rings. The summed E-state index contributed by atoms with van der Waals surface area (Å²) in [7, 11) is 0. The second kappa shape index (κ2) is 6.64. The molecule has 3 nitrogen and oxygen atoms in total. The second-order valence-electron chi connectivity index (χ2n) is 4.14. The Morgan fingerprint density at radius 2 is 2.18 bits per heavy atom. The lowest BCUT2D eigenvalue weighted by molar-refractivity contribution is -0.121. The molecule has 1 unspecified atom stereocenters. The highest BCUT2D eigenvalue weighted by Crippen LogP contribution is 2.23. The summed E-state index contributed by atoms with van der Waals surface area (Å²) in [6.45, 7) is 6.65. The van der Waals surface area contributed by atoms with Gasteiger partial charge in [-0.2, -0.15) is 0 Å². The summed E-state index contributed by atoms with van der Waals surface area (Å²) in [5.74, 6) is 0.0280. The summed E-state index contributed by atoms with van der Waals surface area (Å²) in [4.78, 5) is 11.7. The van der Waals surface area contributed by atoms with E-state index in [0.717, 1.165) is 28.7 Å². The van der Waals surface area contributed by atoms with Gasteiger partial charge in [0.25, 0.3) is 0 Å². The van der Waals surface area contributed by atoms with E-state index in [2.05, 4.69) is 26.6 Å². The Hall–Kier alpha value is -1.03. The van der Waals surface area contributed by atoms with Crippen LogP contribution in [0.1, 0.15) is 25.8 Å². The van der Waals surface area contributed by atoms with Crippen molar-refractivity contribution in [3.05, 3.63) is 28.2 Å². The van der Waals surface area contributed by atoms with Crippen LogP contribution >= 0.6 is 15.9 Å². The van der Waals surface area contributed by atoms with Crippen molar-refractivity contribution in [1.82, 2.24) is 5.32 Å². The number of carbonyl (C=O) groups excluding carboxylic acids is 1. The van der Waals surface area contributed by atoms with Gasteiger partial charge in [-0.25, -0.2) is 0 Å². The van der Waals surface area contributed by atoms with Gasteiger partial charge in [0.05, 0.1) is 0 Å². The summed E-state index contributed by atoms with van der Waals surface area (Å²) in [6.07, 6.45) is 0.951. The molecule has 94 valence electrons. The van der Waals surface area contributed by atoms with Crippen molar-refractivity contribution >= 4 is 27.5 Å². The summed E-state index contributed by atoms with van der Waals surface area (Å²) in [5, 5.41) is 6.07. The predicted molar refractivity (Wildman–Crippen MR) is 75.3 cm³/mol. The molecule has 0 radical (unpaired) electrons. The Balaban J connectivity index is 2.64. The molecule has 0 spiro atoms. The van der Waals surface area contributed by atoms with Crippen LogP contribution < -0.4 is 10.6 Å². The minimum absolute atomic E-state index is 0.0280. The van der Waals surface area contributed by atoms with Crippen molar-refractivity contribution in [2.75, 3.05) is 11.9 Å². The van der Waals surface area contributed by atoms with Gasteiger partial charge >= 0.3 is 0 Å². The van der Waals surface area contributed by atoms with Gasteiger partial charge in [0.2, 0.25) is 5.91 Å². The van der Waals surface area contributed by atoms with Gasteiger partial charge in [-0.3, -0.25) is 4.79 Å². The Morgan fingerprint density at radius 1 is 1.47 bits per heavy atom. The van der Waals surface area contributed by atoms with Gasteiger partial charge in [0.1, 0.15) is 6.04 Å². The quantitative estimate of drug-likeness (QED) is 0.877. The maximum absolute atomic E-state index is 11.7. The first kappa shape index (κ1) is 14.0. The lowest BCUT2D eigenvalue weighted by Crippen LogP contribution is -2.37. The maximum atomic E-state index is 11.7. The molecule has 17 heavy (non-hydrogen) atoms. The van der Waals surface area contributed by atoms with Crippen molar-refractivity contribution < 1.29 is 4.79 Å². The molecule has 0 bridgehead atoms. The van der Waals surface area contributed by atoms with Gasteiger partial charge in [-0.05, 0) is 53.9 Å². The molecule has 2 N–H and O–H groups in total. The lowest BCUT2D eigenvalue weighted by Gasteiger charge is -2.16. The van der Waals surface area contributed by atoms with Gasteiger partial charge < -0.3 is 10.6 Å². The van der Waals surface area contributed by atoms with Crippen LogP contribution in [0.4, 0.5) is 5.69 Å². The molecule has 0 aromatic heterocycles. The molecule has 1 rings (SSSR count). The number of anilines is 1. The van der Waals surface area contributed by atoms with E-state index >= 15 is 0 Å². The van der Waals surface area contributed by atoms with E-state index in [9.17, 15) is 4.79 Å². The number of carbonyl (C=O) groups is 1. The molecule has 1 aromatic carbocycles. The number of hydrogen-bond donors (Lipinski definition) is 2. The van der Waals surface area contributed by atoms with E-state index in [1.54, 1.807) is 0 Å². The van der Waals surface area contributed by atoms with Gasteiger partial charge in [-0.1, -0.05) is 13.0 Å². The highest BCUT2D eigenvalue weighted by atomic mass is 79.9. The summed E-state index contributed by atoms with van der Waals surface area (Å²) in [5.41, 5.74) is 2.11. The van der Waals surface area contributed by atoms with E-state index in [1.807, 2.05) is 39.0 Å². The first-order chi connectivity index (χ1) is 8.04. The van der Waals surface area contributed by atoms with Gasteiger partial charge in [0.15, 0.2) is 0 Å². The Labute approximate surface area is 111 Å². The molecule has 0 heterocycles. The Bertz CT molecular complexity index is 393. The maximum Gasteiger partial charge on any atom is 0.242 e. The number of hydrogen-bond acceptors (Lipinski definition) is 2. The SMILES string of the molecule is CCCNC(=O)C(C)Nc1cc(C)ccc1Br. The fourth-order valence-corrected chi connectivity index (χ4v) is 1.81. The third kappa shape index (κ3) is 4.38. The van der Waals surface area contributed by atoms with Crippen molar-refractivity contribution in [2.24, 2.45) is 0 Å². The fraction of sp³-hybridized carbons (Fsp3) is 0.462. The van der Waals surface area contributed by atoms with Crippen molar-refractivity contribution in [1.29, 1.82) is 0 Å². The van der Waals surface area contributed by atoms with Crippen LogP contribution in [0.25, 0.3) is 0 Å². The summed E-state index contributed by atoms with van der Waals surface area (Å²) < 4.78 is 0.971. The van der Waals surface area contributed by atoms with E-state index in [1.165, 1.54) is 0 Å². The van der Waals surface area contributed by atoms with E-state index in [0.29, 0.717) is 0 Å². The monoisotopic (exact) mass is 298 g/mol. The second-order valence-corrected chi connectivity index (χ2v) is 4.99. The lowest BCUT2D eigenvalue weighted by atomic mass is 10.2. The van der Waals surface area contributed by atoms with Crippen LogP contribution in [0.2, 0.25) is 0 Å². The Morgan fingerprint density at radius 3 is 2.82 bits per heavy atom. The zero-order valence-electron chi connectivity index (χ0n) is 10.5. The number of aryl methyl sites for hydroxylation is 1. The molecule has 1 amide bonds. The van der Waals surface area contributed by atoms with Crippen molar-refractivity contribution in [3.8, 4) is 0 Å². The van der Waals surface area contributed by atoms with Crippen LogP contribution in [0.5, 0.6) is 0 Å². The Kier molecular flexibility index (Phi) is 5.48. The van der Waals surface area contributed by atoms with Crippen molar-refractivity contribution in [2.45, 2.75) is 33.2 Å². The normalized spacial score (nSPS) is 12.0. The molecule has 4 heteroatoms. The van der Waals surface area contributed by atoms with E-state index in [4.69, 9.17) is 0 Å². The molecule has 0 aliphatic carbocycles. The number of rotatable bonds is 5. The van der Waals surface area contributed by atoms with Crippen LogP contribution in [0.15, 0.2) is 22.7 Å². The smallest absolute Gasteiger partial charge is 0.242 e. The minimum Gasteiger partial charge on any atom is -0.373 e. The van der Waals surface area contributed by atoms with Crippen LogP contribution in [-0.2, 0) is 4.79 Å². The standard InChI is InChI=1S/C13H19BrN2O/c1-4-7-15-13(17)10(3)16-12-8-9(2)5-6-11(12)14/h5-6,8,10,16H,4,7H2,1-3H3,(H,15,17). The average Bonchev–Trinajstić information content (AvgIpc) is 2.30. The van der Waals surface area contributed by atoms with Gasteiger partial charge in [-0.15, -0.1) is 0 Å². The highest BCUT2D eigenvalue weighted by molar-refractivity contribution is 9.10. The van der Waals surface area contributed by atoms with E-state index in [-0.39, 0.29) is 11.9 Å². The topological polar surface area (TPSA) is 41.1 Å². The number of benzene rings is 1. The van der Waals surface area contributed by atoms with Crippen LogP contribution in [0.3, 0.4) is 0 Å². The predicted octanol–water partition coefficient (Wildman–Crippen LogP) is 3.08. The largest absolute Gasteiger partial charge is 0.373 e. The number of halogens is 1. The molecular weight excluding hydrogens is 280 g/mol. The minimum atomic E-state index is -0.236. The zero-order valence-corrected chi connectivity index (χ0v) is 12.1. The zero-order chi connectivity index (χ0) is 12.8. The van der Waals surface area contributed by atoms with E-state index < -0.39 is 0 Å². The molecule has 0 saturated carbocycles. The third-order valence-corrected chi connectivity index (χ3v) is 3.13. The van der Waals surface area contributed by atoms with Crippen molar-refractivity contribution in [3.63, 3.8) is 0 Å². The van der Waals surface area contributed by atoms with Crippen LogP contribution in [-0.4, -0.2) is 18.5 Å². The first-order valence-corrected chi connectivity index (χ1v) is 6.64. The first-order valence-electron chi connectivity index (χ1n) is 5.85.